The van der Waals surface area contributed by atoms with Gasteiger partial charge in [0.1, 0.15) is 11.6 Å². The monoisotopic (exact) mass is 231 g/mol. The van der Waals surface area contributed by atoms with Gasteiger partial charge in [0.05, 0.1) is 18.8 Å². The van der Waals surface area contributed by atoms with Crippen molar-refractivity contribution in [2.24, 2.45) is 0 Å². The van der Waals surface area contributed by atoms with Crippen molar-refractivity contribution < 1.29 is 23.1 Å². The first-order valence-electron chi connectivity index (χ1n) is 4.51. The van der Waals surface area contributed by atoms with Crippen molar-refractivity contribution in [3.05, 3.63) is 35.4 Å². The number of hydroxylamine groups is 1. The summed E-state index contributed by atoms with van der Waals surface area (Å²) in [6.07, 6.45) is 0. The Morgan fingerprint density at radius 1 is 1.38 bits per heavy atom. The van der Waals surface area contributed by atoms with Crippen molar-refractivity contribution in [1.29, 1.82) is 0 Å². The standard InChI is InChI=1S/C10H11F2NO3/c1-15-4-5-16-13-10(14)8-3-2-7(11)6-9(8)12/h2-3,6H,4-5H2,1H3,(H,13,14). The van der Waals surface area contributed by atoms with Crippen molar-refractivity contribution in [2.45, 2.75) is 0 Å². The van der Waals surface area contributed by atoms with Gasteiger partial charge in [-0.05, 0) is 12.1 Å². The van der Waals surface area contributed by atoms with Crippen LogP contribution in [-0.2, 0) is 9.57 Å². The first-order valence-corrected chi connectivity index (χ1v) is 4.51. The minimum atomic E-state index is -0.937. The minimum Gasteiger partial charge on any atom is -0.382 e. The lowest BCUT2D eigenvalue weighted by molar-refractivity contribution is 0.00865. The number of hydrogen-bond donors (Lipinski definition) is 1. The van der Waals surface area contributed by atoms with Gasteiger partial charge in [-0.25, -0.2) is 14.3 Å². The van der Waals surface area contributed by atoms with Crippen molar-refractivity contribution in [1.82, 2.24) is 5.48 Å². The topological polar surface area (TPSA) is 47.6 Å². The van der Waals surface area contributed by atoms with Crippen molar-refractivity contribution in [3.8, 4) is 0 Å². The Morgan fingerprint density at radius 2 is 2.12 bits per heavy atom. The molecule has 0 spiro atoms. The van der Waals surface area contributed by atoms with Gasteiger partial charge < -0.3 is 4.74 Å². The maximum Gasteiger partial charge on any atom is 0.277 e. The molecule has 0 aromatic heterocycles. The molecule has 0 unspecified atom stereocenters. The molecule has 0 aliphatic carbocycles. The summed E-state index contributed by atoms with van der Waals surface area (Å²) >= 11 is 0. The number of benzene rings is 1. The third kappa shape index (κ3) is 3.56. The van der Waals surface area contributed by atoms with E-state index in [1.807, 2.05) is 5.48 Å². The molecule has 0 aliphatic heterocycles. The minimum absolute atomic E-state index is 0.144. The molecule has 16 heavy (non-hydrogen) atoms. The Bertz CT molecular complexity index is 371. The maximum absolute atomic E-state index is 13.1. The third-order valence-electron chi connectivity index (χ3n) is 1.73. The number of rotatable bonds is 5. The summed E-state index contributed by atoms with van der Waals surface area (Å²) < 4.78 is 30.3. The summed E-state index contributed by atoms with van der Waals surface area (Å²) in [6.45, 7) is 0.442. The number of carbonyl (C=O) groups is 1. The SMILES string of the molecule is COCCONC(=O)c1ccc(F)cc1F. The van der Waals surface area contributed by atoms with Gasteiger partial charge in [-0.1, -0.05) is 0 Å². The van der Waals surface area contributed by atoms with E-state index in [1.165, 1.54) is 7.11 Å². The second kappa shape index (κ2) is 6.14. The summed E-state index contributed by atoms with van der Waals surface area (Å²) in [4.78, 5) is 16.0. The van der Waals surface area contributed by atoms with Gasteiger partial charge in [0.2, 0.25) is 0 Å². The Kier molecular flexibility index (Phi) is 4.81. The molecule has 1 aromatic carbocycles. The Labute approximate surface area is 91.1 Å². The van der Waals surface area contributed by atoms with E-state index in [9.17, 15) is 13.6 Å². The van der Waals surface area contributed by atoms with Crippen LogP contribution in [0.3, 0.4) is 0 Å². The van der Waals surface area contributed by atoms with Crippen LogP contribution in [-0.4, -0.2) is 26.2 Å². The highest BCUT2D eigenvalue weighted by Crippen LogP contribution is 2.08. The fourth-order valence-corrected chi connectivity index (χ4v) is 0.970. The molecule has 1 aromatic rings. The lowest BCUT2D eigenvalue weighted by atomic mass is 10.2. The van der Waals surface area contributed by atoms with Crippen LogP contribution in [0.2, 0.25) is 0 Å². The van der Waals surface area contributed by atoms with E-state index in [2.05, 4.69) is 4.74 Å². The Hall–Kier alpha value is -1.53. The molecule has 1 rings (SSSR count). The second-order valence-electron chi connectivity index (χ2n) is 2.90. The highest BCUT2D eigenvalue weighted by Gasteiger charge is 2.12. The van der Waals surface area contributed by atoms with Crippen LogP contribution in [0.15, 0.2) is 18.2 Å². The summed E-state index contributed by atoms with van der Waals surface area (Å²) in [6, 6.07) is 2.66. The number of halogens is 2. The number of methoxy groups -OCH3 is 1. The molecule has 88 valence electrons. The van der Waals surface area contributed by atoms with Gasteiger partial charge in [0.25, 0.3) is 5.91 Å². The van der Waals surface area contributed by atoms with E-state index in [0.29, 0.717) is 12.7 Å². The summed E-state index contributed by atoms with van der Waals surface area (Å²) in [5.74, 6) is -2.45. The zero-order valence-corrected chi connectivity index (χ0v) is 8.63. The van der Waals surface area contributed by atoms with E-state index < -0.39 is 17.5 Å². The van der Waals surface area contributed by atoms with Crippen LogP contribution >= 0.6 is 0 Å². The van der Waals surface area contributed by atoms with E-state index in [4.69, 9.17) is 4.84 Å². The molecule has 0 aliphatic rings. The number of hydrogen-bond acceptors (Lipinski definition) is 3. The first kappa shape index (κ1) is 12.5. The van der Waals surface area contributed by atoms with Crippen molar-refractivity contribution in [3.63, 3.8) is 0 Å². The van der Waals surface area contributed by atoms with Gasteiger partial charge in [-0.15, -0.1) is 0 Å². The molecule has 0 atom stereocenters. The summed E-state index contributed by atoms with van der Waals surface area (Å²) in [7, 11) is 1.48. The molecular weight excluding hydrogens is 220 g/mol. The number of nitrogens with one attached hydrogen (secondary N) is 1. The average molecular weight is 231 g/mol. The van der Waals surface area contributed by atoms with Gasteiger partial charge in [-0.3, -0.25) is 9.63 Å². The van der Waals surface area contributed by atoms with Crippen LogP contribution in [0.1, 0.15) is 10.4 Å². The molecule has 0 heterocycles. The molecule has 0 saturated carbocycles. The van der Waals surface area contributed by atoms with E-state index in [-0.39, 0.29) is 12.2 Å². The molecule has 1 N–H and O–H groups in total. The predicted octanol–water partition coefficient (Wildman–Crippen LogP) is 1.27. The summed E-state index contributed by atoms with van der Waals surface area (Å²) in [5.41, 5.74) is 1.73. The molecule has 4 nitrogen and oxygen atoms in total. The molecule has 0 saturated heterocycles. The lowest BCUT2D eigenvalue weighted by Crippen LogP contribution is -2.26. The smallest absolute Gasteiger partial charge is 0.277 e. The molecule has 0 fully saturated rings. The number of ether oxygens (including phenoxy) is 1. The van der Waals surface area contributed by atoms with E-state index >= 15 is 0 Å². The van der Waals surface area contributed by atoms with Crippen LogP contribution < -0.4 is 5.48 Å². The largest absolute Gasteiger partial charge is 0.382 e. The van der Waals surface area contributed by atoms with Gasteiger partial charge >= 0.3 is 0 Å². The highest BCUT2D eigenvalue weighted by atomic mass is 19.1. The van der Waals surface area contributed by atoms with Crippen molar-refractivity contribution in [2.75, 3.05) is 20.3 Å². The average Bonchev–Trinajstić information content (AvgIpc) is 2.24. The Morgan fingerprint density at radius 3 is 2.75 bits per heavy atom. The number of carbonyl (C=O) groups excluding carboxylic acids is 1. The zero-order chi connectivity index (χ0) is 12.0. The fourth-order valence-electron chi connectivity index (χ4n) is 0.970. The molecular formula is C10H11F2NO3. The van der Waals surface area contributed by atoms with Crippen LogP contribution in [0.5, 0.6) is 0 Å². The zero-order valence-electron chi connectivity index (χ0n) is 8.63. The summed E-state index contributed by atoms with van der Waals surface area (Å²) in [5, 5.41) is 0. The van der Waals surface area contributed by atoms with Crippen LogP contribution in [0.25, 0.3) is 0 Å². The molecule has 1 amide bonds. The second-order valence-corrected chi connectivity index (χ2v) is 2.90. The molecule has 6 heteroatoms. The van der Waals surface area contributed by atoms with Gasteiger partial charge in [-0.2, -0.15) is 0 Å². The predicted molar refractivity (Wildman–Crippen MR) is 51.7 cm³/mol. The maximum atomic E-state index is 13.1. The first-order chi connectivity index (χ1) is 7.65. The van der Waals surface area contributed by atoms with E-state index in [1.54, 1.807) is 0 Å². The molecule has 0 bridgehead atoms. The third-order valence-corrected chi connectivity index (χ3v) is 1.73. The quantitative estimate of drug-likeness (QED) is 0.613. The Balaban J connectivity index is 2.53. The normalized spacial score (nSPS) is 10.2. The highest BCUT2D eigenvalue weighted by molar-refractivity contribution is 5.93. The van der Waals surface area contributed by atoms with Crippen LogP contribution in [0.4, 0.5) is 8.78 Å². The van der Waals surface area contributed by atoms with E-state index in [0.717, 1.165) is 12.1 Å². The lowest BCUT2D eigenvalue weighted by Gasteiger charge is -2.05. The van der Waals surface area contributed by atoms with Crippen molar-refractivity contribution >= 4 is 5.91 Å². The number of amides is 1. The fraction of sp³-hybridized carbons (Fsp3) is 0.300. The van der Waals surface area contributed by atoms with Crippen LogP contribution in [0, 0.1) is 11.6 Å². The molecule has 0 radical (unpaired) electrons. The van der Waals surface area contributed by atoms with Gasteiger partial charge in [0.15, 0.2) is 0 Å². The van der Waals surface area contributed by atoms with Gasteiger partial charge in [0, 0.05) is 13.2 Å².